The summed E-state index contributed by atoms with van der Waals surface area (Å²) in [6.45, 7) is 2.67. The van der Waals surface area contributed by atoms with E-state index < -0.39 is 0 Å². The van der Waals surface area contributed by atoms with Gasteiger partial charge >= 0.3 is 0 Å². The number of likely N-dealkylation sites (N-methyl/N-ethyl adjacent to an activating group) is 1. The van der Waals surface area contributed by atoms with E-state index in [1.165, 1.54) is 16.7 Å². The molecule has 1 amide bonds. The summed E-state index contributed by atoms with van der Waals surface area (Å²) in [4.78, 5) is 19.5. The van der Waals surface area contributed by atoms with E-state index in [4.69, 9.17) is 44.3 Å². The number of hydrogen-bond acceptors (Lipinski definition) is 5. The Labute approximate surface area is 237 Å². The minimum absolute atomic E-state index is 0.139. The summed E-state index contributed by atoms with van der Waals surface area (Å²) in [5.74, 6) is 1.02. The first-order valence-corrected chi connectivity index (χ1v) is 13.5. The number of benzene rings is 3. The highest BCUT2D eigenvalue weighted by Crippen LogP contribution is 2.36. The quantitative estimate of drug-likeness (QED) is 0.247. The predicted molar refractivity (Wildman–Crippen MR) is 153 cm³/mol. The van der Waals surface area contributed by atoms with Gasteiger partial charge in [0.05, 0.1) is 32.3 Å². The second-order valence-corrected chi connectivity index (χ2v) is 10.7. The van der Waals surface area contributed by atoms with E-state index in [0.29, 0.717) is 55.5 Å². The first-order valence-electron chi connectivity index (χ1n) is 10.8. The van der Waals surface area contributed by atoms with Gasteiger partial charge in [-0.2, -0.15) is 0 Å². The Bertz CT molecular complexity index is 1380. The van der Waals surface area contributed by atoms with E-state index in [1.54, 1.807) is 25.2 Å². The number of nitrogens with zero attached hydrogens (tertiary/aromatic N) is 2. The molecule has 1 fully saturated rings. The van der Waals surface area contributed by atoms with Crippen LogP contribution in [0.5, 0.6) is 11.5 Å². The molecule has 3 aromatic rings. The molecule has 10 heteroatoms. The average molecular weight is 627 g/mol. The van der Waals surface area contributed by atoms with Gasteiger partial charge in [-0.15, -0.1) is 0 Å². The lowest BCUT2D eigenvalue weighted by Crippen LogP contribution is -2.23. The predicted octanol–water partition coefficient (Wildman–Crippen LogP) is 8.62. The van der Waals surface area contributed by atoms with Gasteiger partial charge in [-0.1, -0.05) is 46.9 Å². The van der Waals surface area contributed by atoms with E-state index in [1.807, 2.05) is 49.4 Å². The van der Waals surface area contributed by atoms with Crippen LogP contribution in [-0.2, 0) is 11.4 Å². The van der Waals surface area contributed by atoms with Crippen LogP contribution in [0.25, 0.3) is 6.08 Å². The lowest BCUT2D eigenvalue weighted by Gasteiger charge is -2.13. The Morgan fingerprint density at radius 2 is 1.78 bits per heavy atom. The number of carbonyl (C=O) groups excluding carboxylic acids is 1. The molecule has 1 aliphatic heterocycles. The fraction of sp³-hybridized carbons (Fsp3) is 0.154. The fourth-order valence-corrected chi connectivity index (χ4v) is 4.99. The minimum atomic E-state index is -0.139. The number of aliphatic imine (C=N–C) groups is 1. The number of amidine groups is 1. The molecular formula is C26H20BrCl3N2O3S. The highest BCUT2D eigenvalue weighted by Gasteiger charge is 2.30. The molecule has 1 saturated heterocycles. The van der Waals surface area contributed by atoms with Crippen molar-refractivity contribution in [3.05, 3.63) is 90.2 Å². The summed E-state index contributed by atoms with van der Waals surface area (Å²) in [5.41, 5.74) is 2.35. The molecule has 36 heavy (non-hydrogen) atoms. The summed E-state index contributed by atoms with van der Waals surface area (Å²) in [5, 5.41) is 2.08. The van der Waals surface area contributed by atoms with Gasteiger partial charge in [0.15, 0.2) is 16.7 Å². The number of amides is 1. The van der Waals surface area contributed by atoms with Crippen LogP contribution in [-0.4, -0.2) is 29.6 Å². The zero-order valence-corrected chi connectivity index (χ0v) is 23.9. The smallest absolute Gasteiger partial charge is 0.266 e. The fourth-order valence-electron chi connectivity index (χ4n) is 3.26. The summed E-state index contributed by atoms with van der Waals surface area (Å²) < 4.78 is 12.6. The third kappa shape index (κ3) is 6.39. The topological polar surface area (TPSA) is 51.1 Å². The Morgan fingerprint density at radius 3 is 2.50 bits per heavy atom. The molecule has 1 heterocycles. The molecule has 186 valence electrons. The number of halogens is 4. The lowest BCUT2D eigenvalue weighted by atomic mass is 10.1. The van der Waals surface area contributed by atoms with Gasteiger partial charge < -0.3 is 9.47 Å². The normalized spacial score (nSPS) is 15.7. The molecule has 1 aliphatic rings. The number of thioether (sulfide) groups is 1. The van der Waals surface area contributed by atoms with Crippen molar-refractivity contribution < 1.29 is 14.3 Å². The Morgan fingerprint density at radius 1 is 0.972 bits per heavy atom. The zero-order valence-electron chi connectivity index (χ0n) is 19.2. The van der Waals surface area contributed by atoms with Crippen LogP contribution in [0.3, 0.4) is 0 Å². The van der Waals surface area contributed by atoms with Gasteiger partial charge in [0.1, 0.15) is 6.61 Å². The van der Waals surface area contributed by atoms with Crippen molar-refractivity contribution in [2.24, 2.45) is 4.99 Å². The van der Waals surface area contributed by atoms with Crippen LogP contribution in [0, 0.1) is 0 Å². The largest absolute Gasteiger partial charge is 0.490 e. The minimum Gasteiger partial charge on any atom is -0.490 e. The highest BCUT2D eigenvalue weighted by molar-refractivity contribution is 9.10. The summed E-state index contributed by atoms with van der Waals surface area (Å²) in [6, 6.07) is 16.3. The maximum atomic E-state index is 12.9. The lowest BCUT2D eigenvalue weighted by molar-refractivity contribution is -0.121. The number of ether oxygens (including phenoxy) is 2. The monoisotopic (exact) mass is 624 g/mol. The van der Waals surface area contributed by atoms with Gasteiger partial charge in [0, 0.05) is 11.5 Å². The third-order valence-corrected chi connectivity index (χ3v) is 8.11. The van der Waals surface area contributed by atoms with Crippen LogP contribution in [0.2, 0.25) is 15.1 Å². The van der Waals surface area contributed by atoms with E-state index in [2.05, 4.69) is 20.9 Å². The molecule has 5 nitrogen and oxygen atoms in total. The van der Waals surface area contributed by atoms with Crippen molar-refractivity contribution >= 4 is 85.3 Å². The molecule has 4 rings (SSSR count). The maximum Gasteiger partial charge on any atom is 0.266 e. The van der Waals surface area contributed by atoms with Crippen LogP contribution < -0.4 is 9.47 Å². The van der Waals surface area contributed by atoms with Gasteiger partial charge in [-0.05, 0) is 94.3 Å². The first kappa shape index (κ1) is 26.9. The molecule has 0 aromatic heterocycles. The summed E-state index contributed by atoms with van der Waals surface area (Å²) >= 11 is 22.9. The average Bonchev–Trinajstić information content (AvgIpc) is 3.11. The second-order valence-electron chi connectivity index (χ2n) is 7.64. The molecule has 0 aliphatic carbocycles. The second kappa shape index (κ2) is 11.9. The van der Waals surface area contributed by atoms with Gasteiger partial charge in [-0.25, -0.2) is 4.99 Å². The first-order chi connectivity index (χ1) is 17.2. The van der Waals surface area contributed by atoms with Crippen LogP contribution in [0.15, 0.2) is 69.0 Å². The van der Waals surface area contributed by atoms with Crippen LogP contribution in [0.1, 0.15) is 18.1 Å². The number of rotatable bonds is 7. The molecule has 0 atom stereocenters. The molecule has 3 aromatic carbocycles. The molecule has 0 N–H and O–H groups in total. The molecule has 0 radical (unpaired) electrons. The van der Waals surface area contributed by atoms with Gasteiger partial charge in [-0.3, -0.25) is 9.69 Å². The van der Waals surface area contributed by atoms with E-state index in [-0.39, 0.29) is 5.91 Å². The summed E-state index contributed by atoms with van der Waals surface area (Å²) in [7, 11) is 1.70. The molecule has 0 unspecified atom stereocenters. The maximum absolute atomic E-state index is 12.9. The highest BCUT2D eigenvalue weighted by atomic mass is 79.9. The van der Waals surface area contributed by atoms with Gasteiger partial charge in [0.25, 0.3) is 5.91 Å². The van der Waals surface area contributed by atoms with E-state index in [9.17, 15) is 4.79 Å². The van der Waals surface area contributed by atoms with Crippen molar-refractivity contribution in [1.82, 2.24) is 4.90 Å². The van der Waals surface area contributed by atoms with Crippen LogP contribution in [0.4, 0.5) is 5.69 Å². The SMILES string of the molecule is CCOc1cc(/C=C2\SC(=Nc3ccc(Br)c(Cl)c3)N(C)C2=O)ccc1OCc1ccc(Cl)c(Cl)c1. The third-order valence-electron chi connectivity index (χ3n) is 5.08. The van der Waals surface area contributed by atoms with Crippen molar-refractivity contribution in [1.29, 1.82) is 0 Å². The molecular weight excluding hydrogens is 607 g/mol. The Balaban J connectivity index is 1.54. The van der Waals surface area contributed by atoms with E-state index in [0.717, 1.165) is 15.6 Å². The zero-order chi connectivity index (χ0) is 25.8. The van der Waals surface area contributed by atoms with Gasteiger partial charge in [0.2, 0.25) is 0 Å². The number of carbonyl (C=O) groups is 1. The molecule has 0 spiro atoms. The molecule has 0 bridgehead atoms. The Kier molecular flexibility index (Phi) is 8.91. The summed E-state index contributed by atoms with van der Waals surface area (Å²) in [6.07, 6.45) is 1.81. The van der Waals surface area contributed by atoms with Crippen molar-refractivity contribution in [3.8, 4) is 11.5 Å². The molecule has 0 saturated carbocycles. The van der Waals surface area contributed by atoms with Crippen molar-refractivity contribution in [2.75, 3.05) is 13.7 Å². The van der Waals surface area contributed by atoms with Crippen LogP contribution >= 0.6 is 62.5 Å². The van der Waals surface area contributed by atoms with Crippen molar-refractivity contribution in [2.45, 2.75) is 13.5 Å². The Hall–Kier alpha value is -2.16. The van der Waals surface area contributed by atoms with E-state index >= 15 is 0 Å². The standard InChI is InChI=1S/C26H20BrCl3N2O3S/c1-3-34-23-11-15(5-9-22(23)35-14-16-4-8-19(28)21(30)10-16)12-24-25(33)32(2)26(36-24)31-17-6-7-18(27)20(29)13-17/h4-13H,3,14H2,1-2H3/b24-12-,31-26?. The number of hydrogen-bond donors (Lipinski definition) is 0. The van der Waals surface area contributed by atoms with Crippen molar-refractivity contribution in [3.63, 3.8) is 0 Å².